The topological polar surface area (TPSA) is 110 Å². The van der Waals surface area contributed by atoms with E-state index >= 15 is 0 Å². The highest BCUT2D eigenvalue weighted by Gasteiger charge is 2.53. The zero-order valence-electron chi connectivity index (χ0n) is 15.0. The first-order valence-electron chi connectivity index (χ1n) is 8.51. The fourth-order valence-corrected chi connectivity index (χ4v) is 3.16. The lowest BCUT2D eigenvalue weighted by atomic mass is 9.97. The first-order chi connectivity index (χ1) is 13.0. The Labute approximate surface area is 156 Å². The van der Waals surface area contributed by atoms with Crippen LogP contribution in [0.2, 0.25) is 0 Å². The van der Waals surface area contributed by atoms with Gasteiger partial charge in [-0.1, -0.05) is 30.3 Å². The standard InChI is InChI=1S/C18H22O9/c1-10(20)24-15-14-12(25-18(22-2)16(15)26-13(21)8-19)9-23-17(27-14)11-6-4-3-5-7-11/h3-7,12,14-19H,8-9H2,1-2H3/t12?,14-,15?,16?,17?,18+/m1/s1. The van der Waals surface area contributed by atoms with Crippen molar-refractivity contribution in [2.24, 2.45) is 0 Å². The van der Waals surface area contributed by atoms with Crippen LogP contribution >= 0.6 is 0 Å². The van der Waals surface area contributed by atoms with Crippen molar-refractivity contribution in [2.75, 3.05) is 20.3 Å². The molecule has 1 aromatic carbocycles. The van der Waals surface area contributed by atoms with Crippen LogP contribution in [-0.2, 0) is 38.0 Å². The summed E-state index contributed by atoms with van der Waals surface area (Å²) in [5.41, 5.74) is 0.787. The summed E-state index contributed by atoms with van der Waals surface area (Å²) in [6.45, 7) is 0.582. The van der Waals surface area contributed by atoms with Crippen molar-refractivity contribution < 1.29 is 43.1 Å². The average molecular weight is 382 g/mol. The molecule has 1 aromatic rings. The van der Waals surface area contributed by atoms with Gasteiger partial charge in [0.2, 0.25) is 0 Å². The summed E-state index contributed by atoms with van der Waals surface area (Å²) in [6.07, 6.45) is -5.14. The molecule has 148 valence electrons. The molecule has 27 heavy (non-hydrogen) atoms. The molecule has 9 nitrogen and oxygen atoms in total. The Hall–Kier alpha value is -2.04. The molecule has 4 unspecified atom stereocenters. The lowest BCUT2D eigenvalue weighted by Gasteiger charge is -2.47. The summed E-state index contributed by atoms with van der Waals surface area (Å²) < 4.78 is 33.3. The Morgan fingerprint density at radius 3 is 2.52 bits per heavy atom. The highest BCUT2D eigenvalue weighted by molar-refractivity contribution is 5.71. The Kier molecular flexibility index (Phi) is 6.40. The summed E-state index contributed by atoms with van der Waals surface area (Å²) in [5, 5.41) is 9.00. The zero-order chi connectivity index (χ0) is 19.4. The van der Waals surface area contributed by atoms with E-state index in [2.05, 4.69) is 0 Å². The molecule has 0 bridgehead atoms. The first kappa shape index (κ1) is 19.7. The number of esters is 2. The number of methoxy groups -OCH3 is 1. The number of ether oxygens (including phenoxy) is 6. The fraction of sp³-hybridized carbons (Fsp3) is 0.556. The van der Waals surface area contributed by atoms with Crippen molar-refractivity contribution in [3.63, 3.8) is 0 Å². The van der Waals surface area contributed by atoms with Crippen LogP contribution in [0.3, 0.4) is 0 Å². The molecule has 0 radical (unpaired) electrons. The van der Waals surface area contributed by atoms with Gasteiger partial charge in [0.1, 0.15) is 18.8 Å². The number of rotatable bonds is 5. The van der Waals surface area contributed by atoms with E-state index in [1.165, 1.54) is 14.0 Å². The minimum absolute atomic E-state index is 0.169. The van der Waals surface area contributed by atoms with Crippen LogP contribution in [0.15, 0.2) is 30.3 Å². The molecule has 0 spiro atoms. The highest BCUT2D eigenvalue weighted by Crippen LogP contribution is 2.36. The monoisotopic (exact) mass is 382 g/mol. The summed E-state index contributed by atoms with van der Waals surface area (Å²) >= 11 is 0. The summed E-state index contributed by atoms with van der Waals surface area (Å²) in [7, 11) is 1.37. The Morgan fingerprint density at radius 2 is 1.89 bits per heavy atom. The van der Waals surface area contributed by atoms with E-state index in [-0.39, 0.29) is 6.61 Å². The summed E-state index contributed by atoms with van der Waals surface area (Å²) in [4.78, 5) is 23.3. The maximum Gasteiger partial charge on any atom is 0.332 e. The molecule has 2 fully saturated rings. The minimum atomic E-state index is -1.10. The van der Waals surface area contributed by atoms with E-state index in [0.717, 1.165) is 5.56 Å². The quantitative estimate of drug-likeness (QED) is 0.719. The van der Waals surface area contributed by atoms with Crippen LogP contribution < -0.4 is 0 Å². The largest absolute Gasteiger partial charge is 0.455 e. The third kappa shape index (κ3) is 4.45. The molecule has 2 heterocycles. The fourth-order valence-electron chi connectivity index (χ4n) is 3.16. The van der Waals surface area contributed by atoms with Crippen LogP contribution in [0, 0.1) is 0 Å². The Morgan fingerprint density at radius 1 is 1.15 bits per heavy atom. The molecule has 0 saturated carbocycles. The third-order valence-corrected chi connectivity index (χ3v) is 4.29. The smallest absolute Gasteiger partial charge is 0.332 e. The van der Waals surface area contributed by atoms with Crippen LogP contribution in [-0.4, -0.2) is 68.1 Å². The molecule has 0 amide bonds. The van der Waals surface area contributed by atoms with Crippen molar-refractivity contribution in [3.05, 3.63) is 35.9 Å². The van der Waals surface area contributed by atoms with E-state index < -0.39 is 55.5 Å². The number of aliphatic hydroxyl groups excluding tert-OH is 1. The maximum atomic E-state index is 11.7. The SMILES string of the molecule is CO[C@H]1OC2COC(c3ccccc3)O[C@H]2C(OC(C)=O)C1OC(=O)CO. The molecule has 0 aromatic heterocycles. The number of hydrogen-bond donors (Lipinski definition) is 1. The highest BCUT2D eigenvalue weighted by atomic mass is 16.8. The number of hydrogen-bond acceptors (Lipinski definition) is 9. The van der Waals surface area contributed by atoms with Gasteiger partial charge in [0, 0.05) is 19.6 Å². The third-order valence-electron chi connectivity index (χ3n) is 4.29. The van der Waals surface area contributed by atoms with Gasteiger partial charge in [0.05, 0.1) is 6.61 Å². The Bertz CT molecular complexity index is 649. The van der Waals surface area contributed by atoms with Gasteiger partial charge in [-0.25, -0.2) is 4.79 Å². The zero-order valence-corrected chi connectivity index (χ0v) is 15.0. The van der Waals surface area contributed by atoms with Gasteiger partial charge in [-0.2, -0.15) is 0 Å². The van der Waals surface area contributed by atoms with Gasteiger partial charge in [-0.05, 0) is 0 Å². The van der Waals surface area contributed by atoms with Gasteiger partial charge >= 0.3 is 11.9 Å². The molecular weight excluding hydrogens is 360 g/mol. The maximum absolute atomic E-state index is 11.7. The molecule has 0 aliphatic carbocycles. The van der Waals surface area contributed by atoms with E-state index in [4.69, 9.17) is 33.5 Å². The number of benzene rings is 1. The normalized spacial score (nSPS) is 33.0. The van der Waals surface area contributed by atoms with Crippen molar-refractivity contribution in [1.82, 2.24) is 0 Å². The van der Waals surface area contributed by atoms with Gasteiger partial charge in [0.25, 0.3) is 0 Å². The Balaban J connectivity index is 1.85. The number of aliphatic hydroxyl groups is 1. The van der Waals surface area contributed by atoms with Crippen molar-refractivity contribution in [3.8, 4) is 0 Å². The number of carbonyl (C=O) groups excluding carboxylic acids is 2. The second kappa shape index (κ2) is 8.77. The molecule has 1 N–H and O–H groups in total. The van der Waals surface area contributed by atoms with Crippen LogP contribution in [0.25, 0.3) is 0 Å². The predicted octanol–water partition coefficient (Wildman–Crippen LogP) is 0.308. The lowest BCUT2D eigenvalue weighted by molar-refractivity contribution is -0.359. The predicted molar refractivity (Wildman–Crippen MR) is 88.2 cm³/mol. The molecule has 3 rings (SSSR count). The molecule has 6 atom stereocenters. The lowest BCUT2D eigenvalue weighted by Crippen LogP contribution is -2.64. The van der Waals surface area contributed by atoms with E-state index in [0.29, 0.717) is 0 Å². The van der Waals surface area contributed by atoms with Crippen molar-refractivity contribution in [1.29, 1.82) is 0 Å². The molecule has 9 heteroatoms. The van der Waals surface area contributed by atoms with Gasteiger partial charge in [-0.3, -0.25) is 4.79 Å². The molecule has 2 saturated heterocycles. The van der Waals surface area contributed by atoms with E-state index in [1.807, 2.05) is 30.3 Å². The first-order valence-corrected chi connectivity index (χ1v) is 8.51. The molecule has 2 aliphatic heterocycles. The van der Waals surface area contributed by atoms with E-state index in [1.54, 1.807) is 0 Å². The van der Waals surface area contributed by atoms with Crippen LogP contribution in [0.1, 0.15) is 18.8 Å². The van der Waals surface area contributed by atoms with E-state index in [9.17, 15) is 9.59 Å². The average Bonchev–Trinajstić information content (AvgIpc) is 2.69. The summed E-state index contributed by atoms with van der Waals surface area (Å²) in [5.74, 6) is -1.47. The molecule has 2 aliphatic rings. The van der Waals surface area contributed by atoms with Crippen LogP contribution in [0.5, 0.6) is 0 Å². The van der Waals surface area contributed by atoms with Crippen molar-refractivity contribution in [2.45, 2.75) is 43.9 Å². The molecular formula is C18H22O9. The van der Waals surface area contributed by atoms with Gasteiger partial charge in [0.15, 0.2) is 24.8 Å². The summed E-state index contributed by atoms with van der Waals surface area (Å²) in [6, 6.07) is 9.26. The minimum Gasteiger partial charge on any atom is -0.455 e. The van der Waals surface area contributed by atoms with Gasteiger partial charge in [-0.15, -0.1) is 0 Å². The van der Waals surface area contributed by atoms with Crippen molar-refractivity contribution >= 4 is 11.9 Å². The second-order valence-corrected chi connectivity index (χ2v) is 6.14. The van der Waals surface area contributed by atoms with Gasteiger partial charge < -0.3 is 33.5 Å². The van der Waals surface area contributed by atoms with Crippen LogP contribution in [0.4, 0.5) is 0 Å². The number of fused-ring (bicyclic) bond motifs is 1. The second-order valence-electron chi connectivity index (χ2n) is 6.14. The number of carbonyl (C=O) groups is 2.